The van der Waals surface area contributed by atoms with Gasteiger partial charge in [0.1, 0.15) is 0 Å². The number of ether oxygens (including phenoxy) is 1. The van der Waals surface area contributed by atoms with Crippen molar-refractivity contribution in [3.05, 3.63) is 0 Å². The van der Waals surface area contributed by atoms with Crippen LogP contribution in [-0.2, 0) is 24.1 Å². The Morgan fingerprint density at radius 3 is 2.53 bits per heavy atom. The summed E-state index contributed by atoms with van der Waals surface area (Å²) in [4.78, 5) is 23.5. The molecule has 0 aromatic heterocycles. The summed E-state index contributed by atoms with van der Waals surface area (Å²) in [5.41, 5.74) is 0. The Balaban J connectivity index is 2.67. The van der Waals surface area contributed by atoms with E-state index >= 15 is 0 Å². The number of esters is 1. The van der Waals surface area contributed by atoms with E-state index in [1.54, 1.807) is 0 Å². The molecule has 0 aromatic carbocycles. The minimum Gasteiger partial charge on any atom is -0.462 e. The molecule has 86 valence electrons. The molecule has 6 nitrogen and oxygen atoms in total. The Kier molecular flexibility index (Phi) is 3.33. The summed E-state index contributed by atoms with van der Waals surface area (Å²) >= 11 is 0. The van der Waals surface area contributed by atoms with Crippen LogP contribution < -0.4 is 0 Å². The van der Waals surface area contributed by atoms with E-state index in [0.717, 1.165) is 7.11 Å². The Morgan fingerprint density at radius 2 is 2.13 bits per heavy atom. The first kappa shape index (κ1) is 12.0. The maximum Gasteiger partial charge on any atom is 0.396 e. The second kappa shape index (κ2) is 4.18. The van der Waals surface area contributed by atoms with Crippen molar-refractivity contribution in [2.75, 3.05) is 25.7 Å². The molecule has 1 rings (SSSR count). The monoisotopic (exact) mass is 234 g/mol. The highest BCUT2D eigenvalue weighted by molar-refractivity contribution is 7.92. The highest BCUT2D eigenvalue weighted by Gasteiger charge is 2.33. The van der Waals surface area contributed by atoms with Crippen LogP contribution in [0.5, 0.6) is 0 Å². The minimum atomic E-state index is -2.55. The molecule has 1 saturated heterocycles. The second-order valence-corrected chi connectivity index (χ2v) is 5.90. The molecule has 7 heteroatoms. The topological polar surface area (TPSA) is 87.5 Å². The van der Waals surface area contributed by atoms with Gasteiger partial charge in [-0.25, -0.2) is 9.00 Å². The van der Waals surface area contributed by atoms with Crippen molar-refractivity contribution < 1.29 is 18.5 Å². The molecule has 15 heavy (non-hydrogen) atoms. The summed E-state index contributed by atoms with van der Waals surface area (Å²) < 4.78 is 23.0. The molecular weight excluding hydrogens is 220 g/mol. The second-order valence-electron chi connectivity index (χ2n) is 3.53. The van der Waals surface area contributed by atoms with E-state index in [-0.39, 0.29) is 17.5 Å². The van der Waals surface area contributed by atoms with Gasteiger partial charge in [-0.3, -0.25) is 9.57 Å². The van der Waals surface area contributed by atoms with Gasteiger partial charge < -0.3 is 9.64 Å². The SMILES string of the molecule is COC(=O)C(=O)N(C)C1CCS(=N)(=O)C1. The van der Waals surface area contributed by atoms with Crippen LogP contribution in [0, 0.1) is 4.78 Å². The number of carbonyl (C=O) groups excluding carboxylic acids is 2. The summed E-state index contributed by atoms with van der Waals surface area (Å²) in [5, 5.41) is 0. The largest absolute Gasteiger partial charge is 0.462 e. The number of rotatable bonds is 1. The van der Waals surface area contributed by atoms with Gasteiger partial charge in [-0.1, -0.05) is 0 Å². The maximum atomic E-state index is 11.4. The van der Waals surface area contributed by atoms with E-state index in [0.29, 0.717) is 6.42 Å². The highest BCUT2D eigenvalue weighted by atomic mass is 32.2. The molecule has 1 amide bonds. The molecule has 1 fully saturated rings. The average Bonchev–Trinajstić information content (AvgIpc) is 2.55. The van der Waals surface area contributed by atoms with E-state index in [1.165, 1.54) is 11.9 Å². The Labute approximate surface area is 88.6 Å². The molecule has 2 atom stereocenters. The summed E-state index contributed by atoms with van der Waals surface area (Å²) in [6.45, 7) is 0. The fraction of sp³-hybridized carbons (Fsp3) is 0.750. The summed E-state index contributed by atoms with van der Waals surface area (Å²) in [7, 11) is 0.0459. The van der Waals surface area contributed by atoms with Crippen LogP contribution in [-0.4, -0.2) is 52.7 Å². The first-order valence-electron chi connectivity index (χ1n) is 4.46. The first-order chi connectivity index (χ1) is 6.87. The minimum absolute atomic E-state index is 0.145. The van der Waals surface area contributed by atoms with E-state index in [4.69, 9.17) is 4.78 Å². The smallest absolute Gasteiger partial charge is 0.396 e. The van der Waals surface area contributed by atoms with Crippen LogP contribution in [0.3, 0.4) is 0 Å². The molecule has 1 N–H and O–H groups in total. The molecule has 0 aliphatic carbocycles. The Morgan fingerprint density at radius 1 is 1.53 bits per heavy atom. The predicted molar refractivity (Wildman–Crippen MR) is 53.8 cm³/mol. The van der Waals surface area contributed by atoms with E-state index in [2.05, 4.69) is 4.74 Å². The van der Waals surface area contributed by atoms with Crippen LogP contribution in [0.1, 0.15) is 6.42 Å². The number of nitrogens with one attached hydrogen (secondary N) is 1. The maximum absolute atomic E-state index is 11.4. The van der Waals surface area contributed by atoms with Crippen molar-refractivity contribution in [2.45, 2.75) is 12.5 Å². The van der Waals surface area contributed by atoms with Gasteiger partial charge in [0.05, 0.1) is 12.9 Å². The zero-order valence-electron chi connectivity index (χ0n) is 8.69. The third-order valence-corrected chi connectivity index (χ3v) is 4.29. The quantitative estimate of drug-likeness (QED) is 0.486. The lowest BCUT2D eigenvalue weighted by atomic mass is 10.2. The standard InChI is InChI=1S/C8H14N2O4S/c1-10(7(11)8(12)14-2)6-3-4-15(9,13)5-6/h6,9H,3-5H2,1-2H3. The number of hydrogen-bond acceptors (Lipinski definition) is 5. The lowest BCUT2D eigenvalue weighted by molar-refractivity contribution is -0.158. The Bertz CT molecular complexity index is 376. The third-order valence-electron chi connectivity index (χ3n) is 2.47. The van der Waals surface area contributed by atoms with Crippen LogP contribution in [0.4, 0.5) is 0 Å². The lowest BCUT2D eigenvalue weighted by Crippen LogP contribution is -2.42. The highest BCUT2D eigenvalue weighted by Crippen LogP contribution is 2.17. The van der Waals surface area contributed by atoms with Crippen molar-refractivity contribution >= 4 is 21.6 Å². The number of likely N-dealkylation sites (N-methyl/N-ethyl adjacent to an activating group) is 1. The van der Waals surface area contributed by atoms with Gasteiger partial charge in [0.2, 0.25) is 0 Å². The van der Waals surface area contributed by atoms with Gasteiger partial charge in [0, 0.05) is 28.6 Å². The number of carbonyl (C=O) groups is 2. The summed E-state index contributed by atoms with van der Waals surface area (Å²) in [6, 6.07) is -0.290. The van der Waals surface area contributed by atoms with E-state index in [1.807, 2.05) is 0 Å². The number of nitrogens with zero attached hydrogens (tertiary/aromatic N) is 1. The molecule has 1 heterocycles. The van der Waals surface area contributed by atoms with Crippen molar-refractivity contribution in [3.63, 3.8) is 0 Å². The summed E-state index contributed by atoms with van der Waals surface area (Å²) in [6.07, 6.45) is 0.502. The Hall–Kier alpha value is -1.11. The molecule has 2 unspecified atom stereocenters. The normalized spacial score (nSPS) is 29.9. The van der Waals surface area contributed by atoms with E-state index < -0.39 is 21.6 Å². The van der Waals surface area contributed by atoms with Crippen LogP contribution in [0.25, 0.3) is 0 Å². The fourth-order valence-electron chi connectivity index (χ4n) is 1.51. The predicted octanol–water partition coefficient (Wildman–Crippen LogP) is -0.563. The molecule has 0 saturated carbocycles. The van der Waals surface area contributed by atoms with Crippen molar-refractivity contribution in [1.82, 2.24) is 4.90 Å². The third kappa shape index (κ3) is 2.68. The molecule has 0 bridgehead atoms. The zero-order valence-corrected chi connectivity index (χ0v) is 9.50. The van der Waals surface area contributed by atoms with Crippen molar-refractivity contribution in [1.29, 1.82) is 4.78 Å². The van der Waals surface area contributed by atoms with Gasteiger partial charge in [0.25, 0.3) is 0 Å². The number of methoxy groups -OCH3 is 1. The van der Waals surface area contributed by atoms with Gasteiger partial charge in [-0.15, -0.1) is 0 Å². The van der Waals surface area contributed by atoms with Gasteiger partial charge in [-0.2, -0.15) is 0 Å². The van der Waals surface area contributed by atoms with Crippen LogP contribution >= 0.6 is 0 Å². The average molecular weight is 234 g/mol. The molecule has 1 aliphatic rings. The first-order valence-corrected chi connectivity index (χ1v) is 6.36. The number of hydrogen-bond donors (Lipinski definition) is 1. The lowest BCUT2D eigenvalue weighted by Gasteiger charge is -2.21. The van der Waals surface area contributed by atoms with Crippen molar-refractivity contribution in [3.8, 4) is 0 Å². The molecule has 0 aromatic rings. The molecule has 1 aliphatic heterocycles. The number of amides is 1. The molecule has 0 spiro atoms. The summed E-state index contributed by atoms with van der Waals surface area (Å²) in [5.74, 6) is -1.25. The molecule has 0 radical (unpaired) electrons. The van der Waals surface area contributed by atoms with Crippen molar-refractivity contribution in [2.24, 2.45) is 0 Å². The van der Waals surface area contributed by atoms with Crippen LogP contribution in [0.15, 0.2) is 0 Å². The van der Waals surface area contributed by atoms with Gasteiger partial charge in [-0.05, 0) is 6.42 Å². The fourth-order valence-corrected chi connectivity index (χ4v) is 3.34. The van der Waals surface area contributed by atoms with Gasteiger partial charge in [0.15, 0.2) is 0 Å². The molecular formula is C8H14N2O4S. The zero-order chi connectivity index (χ0) is 11.6. The van der Waals surface area contributed by atoms with Gasteiger partial charge >= 0.3 is 11.9 Å². The van der Waals surface area contributed by atoms with Crippen LogP contribution in [0.2, 0.25) is 0 Å². The van der Waals surface area contributed by atoms with E-state index in [9.17, 15) is 13.8 Å².